The third kappa shape index (κ3) is 2.41. The lowest BCUT2D eigenvalue weighted by atomic mass is 10.1. The summed E-state index contributed by atoms with van der Waals surface area (Å²) >= 11 is 11.6. The molecule has 20 heavy (non-hydrogen) atoms. The maximum atomic E-state index is 13.5. The van der Waals surface area contributed by atoms with E-state index >= 15 is 0 Å². The molecular formula is C11H9Cl2FN4O2. The smallest absolute Gasteiger partial charge is 0.330 e. The van der Waals surface area contributed by atoms with E-state index in [1.807, 2.05) is 0 Å². The number of halogens is 3. The number of benzene rings is 1. The molecule has 2 rings (SSSR count). The van der Waals surface area contributed by atoms with Gasteiger partial charge in [0, 0.05) is 5.02 Å². The van der Waals surface area contributed by atoms with Crippen LogP contribution in [0.25, 0.3) is 0 Å². The van der Waals surface area contributed by atoms with Crippen molar-refractivity contribution in [3.63, 3.8) is 0 Å². The van der Waals surface area contributed by atoms with Crippen LogP contribution >= 0.6 is 23.2 Å². The van der Waals surface area contributed by atoms with Gasteiger partial charge in [-0.3, -0.25) is 10.1 Å². The number of rotatable bonds is 3. The topological polar surface area (TPSA) is 87.0 Å². The van der Waals surface area contributed by atoms with Gasteiger partial charge in [-0.25, -0.2) is 9.07 Å². The molecule has 0 saturated heterocycles. The molecule has 0 amide bonds. The zero-order chi connectivity index (χ0) is 15.0. The summed E-state index contributed by atoms with van der Waals surface area (Å²) < 4.78 is 14.7. The predicted molar refractivity (Wildman–Crippen MR) is 73.5 cm³/mol. The Hall–Kier alpha value is -1.86. The number of nitrogens with zero attached hydrogens (tertiary/aromatic N) is 3. The van der Waals surface area contributed by atoms with Crippen molar-refractivity contribution in [3.05, 3.63) is 49.9 Å². The molecule has 1 aromatic carbocycles. The number of nitrogens with two attached hydrogens (primary N) is 1. The molecular weight excluding hydrogens is 310 g/mol. The number of hydrogen-bond donors (Lipinski definition) is 1. The Labute approximate surface area is 123 Å². The van der Waals surface area contributed by atoms with Crippen molar-refractivity contribution in [3.8, 4) is 0 Å². The Morgan fingerprint density at radius 2 is 2.10 bits per heavy atom. The van der Waals surface area contributed by atoms with Crippen LogP contribution in [0.4, 0.5) is 15.9 Å². The van der Waals surface area contributed by atoms with E-state index in [1.165, 1.54) is 10.7 Å². The summed E-state index contributed by atoms with van der Waals surface area (Å²) in [4.78, 5) is 10.1. The standard InChI is InChI=1S/C11H9Cl2FN4O2/c1-5(6-2-9(14)8(13)3-7(6)12)17-11(15)10(4-16-17)18(19)20/h2-5H,15H2,1H3. The fourth-order valence-electron chi connectivity index (χ4n) is 1.80. The summed E-state index contributed by atoms with van der Waals surface area (Å²) in [6.07, 6.45) is 1.03. The van der Waals surface area contributed by atoms with Gasteiger partial charge in [0.1, 0.15) is 12.0 Å². The fraction of sp³-hybridized carbons (Fsp3) is 0.182. The lowest BCUT2D eigenvalue weighted by Gasteiger charge is -2.15. The highest BCUT2D eigenvalue weighted by molar-refractivity contribution is 6.35. The van der Waals surface area contributed by atoms with Crippen LogP contribution in [-0.2, 0) is 0 Å². The van der Waals surface area contributed by atoms with Crippen molar-refractivity contribution >= 4 is 34.7 Å². The van der Waals surface area contributed by atoms with Crippen molar-refractivity contribution in [2.75, 3.05) is 5.73 Å². The molecule has 1 atom stereocenters. The van der Waals surface area contributed by atoms with E-state index in [2.05, 4.69) is 5.10 Å². The maximum Gasteiger partial charge on any atom is 0.330 e. The molecule has 1 heterocycles. The maximum absolute atomic E-state index is 13.5. The third-order valence-electron chi connectivity index (χ3n) is 2.87. The van der Waals surface area contributed by atoms with E-state index in [0.717, 1.165) is 12.3 Å². The Balaban J connectivity index is 2.49. The number of anilines is 1. The highest BCUT2D eigenvalue weighted by Gasteiger charge is 2.23. The molecule has 0 spiro atoms. The molecule has 106 valence electrons. The average Bonchev–Trinajstić information content (AvgIpc) is 2.75. The van der Waals surface area contributed by atoms with Crippen molar-refractivity contribution in [2.24, 2.45) is 0 Å². The SMILES string of the molecule is CC(c1cc(F)c(Cl)cc1Cl)n1ncc([N+](=O)[O-])c1N. The molecule has 0 radical (unpaired) electrons. The number of hydrogen-bond acceptors (Lipinski definition) is 4. The summed E-state index contributed by atoms with van der Waals surface area (Å²) in [5, 5.41) is 14.7. The molecule has 6 nitrogen and oxygen atoms in total. The normalized spacial score (nSPS) is 12.4. The summed E-state index contributed by atoms with van der Waals surface area (Å²) in [7, 11) is 0. The summed E-state index contributed by atoms with van der Waals surface area (Å²) in [5.74, 6) is -0.771. The largest absolute Gasteiger partial charge is 0.378 e. The predicted octanol–water partition coefficient (Wildman–Crippen LogP) is 3.43. The first-order chi connectivity index (χ1) is 9.32. The van der Waals surface area contributed by atoms with Crippen LogP contribution in [0.1, 0.15) is 18.5 Å². The van der Waals surface area contributed by atoms with Crippen molar-refractivity contribution < 1.29 is 9.31 Å². The minimum Gasteiger partial charge on any atom is -0.378 e. The van der Waals surface area contributed by atoms with Crippen LogP contribution in [0.3, 0.4) is 0 Å². The number of nitro groups is 1. The first-order valence-electron chi connectivity index (χ1n) is 5.44. The van der Waals surface area contributed by atoms with E-state index in [9.17, 15) is 14.5 Å². The molecule has 0 aliphatic heterocycles. The lowest BCUT2D eigenvalue weighted by molar-refractivity contribution is -0.384. The second-order valence-corrected chi connectivity index (χ2v) is 4.89. The third-order valence-corrected chi connectivity index (χ3v) is 3.48. The first kappa shape index (κ1) is 14.5. The zero-order valence-electron chi connectivity index (χ0n) is 10.2. The first-order valence-corrected chi connectivity index (χ1v) is 6.20. The van der Waals surface area contributed by atoms with Gasteiger partial charge in [-0.2, -0.15) is 5.10 Å². The van der Waals surface area contributed by atoms with Crippen LogP contribution in [0, 0.1) is 15.9 Å². The monoisotopic (exact) mass is 318 g/mol. The van der Waals surface area contributed by atoms with E-state index < -0.39 is 16.8 Å². The van der Waals surface area contributed by atoms with E-state index in [-0.39, 0.29) is 21.6 Å². The van der Waals surface area contributed by atoms with Gasteiger partial charge >= 0.3 is 5.69 Å². The van der Waals surface area contributed by atoms with Crippen molar-refractivity contribution in [2.45, 2.75) is 13.0 Å². The minimum absolute atomic E-state index is 0.106. The zero-order valence-corrected chi connectivity index (χ0v) is 11.7. The molecule has 0 saturated carbocycles. The quantitative estimate of drug-likeness (QED) is 0.533. The Morgan fingerprint density at radius 3 is 2.65 bits per heavy atom. The Kier molecular flexibility index (Phi) is 3.82. The second kappa shape index (κ2) is 5.26. The second-order valence-electron chi connectivity index (χ2n) is 4.08. The van der Waals surface area contributed by atoms with Crippen molar-refractivity contribution in [1.82, 2.24) is 9.78 Å². The highest BCUT2D eigenvalue weighted by atomic mass is 35.5. The van der Waals surface area contributed by atoms with E-state index in [0.29, 0.717) is 5.56 Å². The van der Waals surface area contributed by atoms with Crippen LogP contribution in [0.2, 0.25) is 10.0 Å². The summed E-state index contributed by atoms with van der Waals surface area (Å²) in [6.45, 7) is 1.64. The van der Waals surface area contributed by atoms with Gasteiger partial charge in [0.25, 0.3) is 0 Å². The van der Waals surface area contributed by atoms with Crippen LogP contribution < -0.4 is 5.73 Å². The lowest BCUT2D eigenvalue weighted by Crippen LogP contribution is -2.12. The number of nitrogen functional groups attached to an aromatic ring is 1. The summed E-state index contributed by atoms with van der Waals surface area (Å²) in [6, 6.07) is 1.84. The van der Waals surface area contributed by atoms with E-state index in [1.54, 1.807) is 6.92 Å². The fourth-order valence-corrected chi connectivity index (χ4v) is 2.34. The molecule has 9 heteroatoms. The Bertz CT molecular complexity index is 689. The van der Waals surface area contributed by atoms with Crippen LogP contribution in [0.5, 0.6) is 0 Å². The molecule has 0 aliphatic carbocycles. The molecule has 0 aliphatic rings. The van der Waals surface area contributed by atoms with Gasteiger partial charge in [-0.1, -0.05) is 23.2 Å². The van der Waals surface area contributed by atoms with Gasteiger partial charge in [0.15, 0.2) is 0 Å². The van der Waals surface area contributed by atoms with Gasteiger partial charge in [-0.05, 0) is 24.6 Å². The highest BCUT2D eigenvalue weighted by Crippen LogP contribution is 2.33. The molecule has 1 aromatic heterocycles. The summed E-state index contributed by atoms with van der Waals surface area (Å²) in [5.41, 5.74) is 5.71. The van der Waals surface area contributed by atoms with Gasteiger partial charge in [-0.15, -0.1) is 0 Å². The minimum atomic E-state index is -0.643. The molecule has 0 bridgehead atoms. The van der Waals surface area contributed by atoms with Crippen LogP contribution in [0.15, 0.2) is 18.3 Å². The van der Waals surface area contributed by atoms with E-state index in [4.69, 9.17) is 28.9 Å². The average molecular weight is 319 g/mol. The Morgan fingerprint density at radius 1 is 1.45 bits per heavy atom. The molecule has 2 aromatic rings. The number of aromatic nitrogens is 2. The molecule has 1 unspecified atom stereocenters. The molecule has 2 N–H and O–H groups in total. The van der Waals surface area contributed by atoms with Gasteiger partial charge < -0.3 is 5.73 Å². The molecule has 0 fully saturated rings. The van der Waals surface area contributed by atoms with Gasteiger partial charge in [0.05, 0.1) is 16.0 Å². The van der Waals surface area contributed by atoms with Crippen LogP contribution in [-0.4, -0.2) is 14.7 Å². The van der Waals surface area contributed by atoms with Crippen molar-refractivity contribution in [1.29, 1.82) is 0 Å². The van der Waals surface area contributed by atoms with Gasteiger partial charge in [0.2, 0.25) is 5.82 Å².